The number of nitrogens with zero attached hydrogens (tertiary/aromatic N) is 1. The average Bonchev–Trinajstić information content (AvgIpc) is 2.45. The third-order valence-electron chi connectivity index (χ3n) is 5.20. The lowest BCUT2D eigenvalue weighted by molar-refractivity contribution is -0.127. The second kappa shape index (κ2) is 6.87. The second-order valence-electron chi connectivity index (χ2n) is 6.93. The van der Waals surface area contributed by atoms with E-state index in [1.54, 1.807) is 6.07 Å². The summed E-state index contributed by atoms with van der Waals surface area (Å²) in [6.07, 6.45) is 2.05. The van der Waals surface area contributed by atoms with Gasteiger partial charge in [0.05, 0.1) is 0 Å². The van der Waals surface area contributed by atoms with Crippen molar-refractivity contribution >= 4 is 11.6 Å². The zero-order valence-electron chi connectivity index (χ0n) is 13.9. The monoisotopic (exact) mass is 319 g/mol. The van der Waals surface area contributed by atoms with E-state index in [0.29, 0.717) is 5.92 Å². The highest BCUT2D eigenvalue weighted by atomic mass is 19.1. The third-order valence-corrected chi connectivity index (χ3v) is 5.20. The Balaban J connectivity index is 1.60. The molecule has 1 aromatic rings. The Labute approximate surface area is 137 Å². The van der Waals surface area contributed by atoms with Crippen molar-refractivity contribution < 1.29 is 9.18 Å². The molecule has 2 atom stereocenters. The van der Waals surface area contributed by atoms with E-state index in [1.165, 1.54) is 6.07 Å². The highest BCUT2D eigenvalue weighted by Crippen LogP contribution is 2.25. The van der Waals surface area contributed by atoms with Gasteiger partial charge in [-0.15, -0.1) is 0 Å². The van der Waals surface area contributed by atoms with E-state index in [0.717, 1.165) is 50.3 Å². The van der Waals surface area contributed by atoms with Gasteiger partial charge in [0, 0.05) is 30.7 Å². The van der Waals surface area contributed by atoms with Crippen molar-refractivity contribution in [3.05, 3.63) is 29.6 Å². The minimum atomic E-state index is -0.198. The summed E-state index contributed by atoms with van der Waals surface area (Å²) in [6.45, 7) is 7.60. The molecule has 2 heterocycles. The van der Waals surface area contributed by atoms with E-state index in [9.17, 15) is 9.18 Å². The molecule has 2 aliphatic heterocycles. The fourth-order valence-corrected chi connectivity index (χ4v) is 3.50. The van der Waals surface area contributed by atoms with E-state index in [-0.39, 0.29) is 23.7 Å². The molecule has 5 heteroatoms. The first-order valence-electron chi connectivity index (χ1n) is 8.57. The molecule has 23 heavy (non-hydrogen) atoms. The zero-order chi connectivity index (χ0) is 16.4. The molecule has 4 nitrogen and oxygen atoms in total. The van der Waals surface area contributed by atoms with Gasteiger partial charge in [-0.2, -0.15) is 0 Å². The third kappa shape index (κ3) is 3.66. The lowest BCUT2D eigenvalue weighted by Crippen LogP contribution is -2.53. The molecule has 1 aromatic carbocycles. The van der Waals surface area contributed by atoms with Crippen LogP contribution in [0.3, 0.4) is 0 Å². The number of amides is 1. The molecule has 2 saturated heterocycles. The quantitative estimate of drug-likeness (QED) is 0.893. The van der Waals surface area contributed by atoms with E-state index in [1.807, 2.05) is 19.9 Å². The first kappa shape index (κ1) is 16.2. The lowest BCUT2D eigenvalue weighted by Gasteiger charge is -2.37. The number of carbonyl (C=O) groups is 1. The molecule has 0 aromatic heterocycles. The SMILES string of the molecule is Cc1cc(F)ccc1N1CCCC(NC(=O)C(C)C2CNC2)C1. The second-order valence-corrected chi connectivity index (χ2v) is 6.93. The Morgan fingerprint density at radius 1 is 1.43 bits per heavy atom. The predicted molar refractivity (Wildman–Crippen MR) is 90.0 cm³/mol. The number of nitrogens with one attached hydrogen (secondary N) is 2. The molecule has 3 rings (SSSR count). The lowest BCUT2D eigenvalue weighted by atomic mass is 9.88. The van der Waals surface area contributed by atoms with E-state index in [2.05, 4.69) is 15.5 Å². The number of halogens is 1. The van der Waals surface area contributed by atoms with Crippen LogP contribution < -0.4 is 15.5 Å². The van der Waals surface area contributed by atoms with Gasteiger partial charge in [-0.05, 0) is 62.5 Å². The van der Waals surface area contributed by atoms with Crippen LogP contribution >= 0.6 is 0 Å². The van der Waals surface area contributed by atoms with Gasteiger partial charge < -0.3 is 15.5 Å². The molecule has 0 bridgehead atoms. The number of piperidine rings is 1. The Morgan fingerprint density at radius 2 is 2.22 bits per heavy atom. The van der Waals surface area contributed by atoms with Crippen LogP contribution in [0.2, 0.25) is 0 Å². The van der Waals surface area contributed by atoms with Crippen molar-refractivity contribution in [2.75, 3.05) is 31.1 Å². The van der Waals surface area contributed by atoms with Crippen LogP contribution in [0.1, 0.15) is 25.3 Å². The van der Waals surface area contributed by atoms with E-state index >= 15 is 0 Å². The van der Waals surface area contributed by atoms with Crippen molar-refractivity contribution in [1.82, 2.24) is 10.6 Å². The molecular formula is C18H26FN3O. The maximum Gasteiger partial charge on any atom is 0.223 e. The van der Waals surface area contributed by atoms with Gasteiger partial charge >= 0.3 is 0 Å². The smallest absolute Gasteiger partial charge is 0.223 e. The Bertz CT molecular complexity index is 573. The number of hydrogen-bond donors (Lipinski definition) is 2. The fourth-order valence-electron chi connectivity index (χ4n) is 3.50. The van der Waals surface area contributed by atoms with Gasteiger partial charge in [-0.3, -0.25) is 4.79 Å². The molecule has 2 N–H and O–H groups in total. The van der Waals surface area contributed by atoms with Crippen LogP contribution in [0.25, 0.3) is 0 Å². The molecule has 2 aliphatic rings. The summed E-state index contributed by atoms with van der Waals surface area (Å²) in [5.41, 5.74) is 2.02. The largest absolute Gasteiger partial charge is 0.369 e. The standard InChI is InChI=1S/C18H26FN3O/c1-12-8-15(19)5-6-17(12)22-7-3-4-16(11-22)21-18(23)13(2)14-9-20-10-14/h5-6,8,13-14,16,20H,3-4,7,9-11H2,1-2H3,(H,21,23). The number of hydrogen-bond acceptors (Lipinski definition) is 3. The zero-order valence-corrected chi connectivity index (χ0v) is 13.9. The molecular weight excluding hydrogens is 293 g/mol. The summed E-state index contributed by atoms with van der Waals surface area (Å²) >= 11 is 0. The summed E-state index contributed by atoms with van der Waals surface area (Å²) < 4.78 is 13.3. The minimum absolute atomic E-state index is 0.0687. The van der Waals surface area contributed by atoms with E-state index in [4.69, 9.17) is 0 Å². The fraction of sp³-hybridized carbons (Fsp3) is 0.611. The van der Waals surface area contributed by atoms with Crippen LogP contribution in [0.5, 0.6) is 0 Å². The van der Waals surface area contributed by atoms with Gasteiger partial charge in [-0.1, -0.05) is 6.92 Å². The maximum absolute atomic E-state index is 13.3. The van der Waals surface area contributed by atoms with Gasteiger partial charge in [-0.25, -0.2) is 4.39 Å². The van der Waals surface area contributed by atoms with Crippen molar-refractivity contribution in [3.63, 3.8) is 0 Å². The molecule has 2 fully saturated rings. The maximum atomic E-state index is 13.3. The molecule has 0 radical (unpaired) electrons. The van der Waals surface area contributed by atoms with Crippen LogP contribution in [0.4, 0.5) is 10.1 Å². The van der Waals surface area contributed by atoms with Gasteiger partial charge in [0.15, 0.2) is 0 Å². The minimum Gasteiger partial charge on any atom is -0.369 e. The summed E-state index contributed by atoms with van der Waals surface area (Å²) in [6, 6.07) is 5.10. The summed E-state index contributed by atoms with van der Waals surface area (Å²) in [5.74, 6) is 0.503. The van der Waals surface area contributed by atoms with Gasteiger partial charge in [0.25, 0.3) is 0 Å². The molecule has 126 valence electrons. The van der Waals surface area contributed by atoms with Crippen LogP contribution in [-0.2, 0) is 4.79 Å². The number of carbonyl (C=O) groups excluding carboxylic acids is 1. The molecule has 2 unspecified atom stereocenters. The summed E-state index contributed by atoms with van der Waals surface area (Å²) in [5, 5.41) is 6.44. The Hall–Kier alpha value is -1.62. The summed E-state index contributed by atoms with van der Waals surface area (Å²) in [7, 11) is 0. The van der Waals surface area contributed by atoms with Gasteiger partial charge in [0.2, 0.25) is 5.91 Å². The predicted octanol–water partition coefficient (Wildman–Crippen LogP) is 2.07. The highest BCUT2D eigenvalue weighted by Gasteiger charge is 2.31. The number of rotatable bonds is 4. The molecule has 1 amide bonds. The van der Waals surface area contributed by atoms with Crippen molar-refractivity contribution in [1.29, 1.82) is 0 Å². The van der Waals surface area contributed by atoms with Crippen LogP contribution in [0, 0.1) is 24.6 Å². The highest BCUT2D eigenvalue weighted by molar-refractivity contribution is 5.79. The normalized spacial score (nSPS) is 23.3. The number of anilines is 1. The van der Waals surface area contributed by atoms with Crippen molar-refractivity contribution in [3.8, 4) is 0 Å². The number of aryl methyl sites for hydroxylation is 1. The van der Waals surface area contributed by atoms with Crippen molar-refractivity contribution in [2.24, 2.45) is 11.8 Å². The topological polar surface area (TPSA) is 44.4 Å². The van der Waals surface area contributed by atoms with E-state index < -0.39 is 0 Å². The van der Waals surface area contributed by atoms with Crippen LogP contribution in [0.15, 0.2) is 18.2 Å². The van der Waals surface area contributed by atoms with Crippen molar-refractivity contribution in [2.45, 2.75) is 32.7 Å². The van der Waals surface area contributed by atoms with Crippen LogP contribution in [-0.4, -0.2) is 38.1 Å². The molecule has 0 spiro atoms. The van der Waals surface area contributed by atoms with Gasteiger partial charge in [0.1, 0.15) is 5.82 Å². The Kier molecular flexibility index (Phi) is 4.85. The first-order chi connectivity index (χ1) is 11.0. The number of benzene rings is 1. The molecule has 0 aliphatic carbocycles. The first-order valence-corrected chi connectivity index (χ1v) is 8.57. The average molecular weight is 319 g/mol. The summed E-state index contributed by atoms with van der Waals surface area (Å²) in [4.78, 5) is 14.7. The Morgan fingerprint density at radius 3 is 2.87 bits per heavy atom. The molecule has 0 saturated carbocycles.